The predicted octanol–water partition coefficient (Wildman–Crippen LogP) is 2.99. The first kappa shape index (κ1) is 15.7. The van der Waals surface area contributed by atoms with Gasteiger partial charge in [-0.25, -0.2) is 0 Å². The fourth-order valence-corrected chi connectivity index (χ4v) is 7.16. The molecule has 2 heterocycles. The lowest BCUT2D eigenvalue weighted by Gasteiger charge is -2.63. The quantitative estimate of drug-likeness (QED) is 0.853. The zero-order valence-corrected chi connectivity index (χ0v) is 15.5. The number of aromatic nitrogens is 2. The van der Waals surface area contributed by atoms with Crippen LogP contribution in [-0.2, 0) is 7.05 Å². The minimum Gasteiger partial charge on any atom is -0.383 e. The Hall–Kier alpha value is -1.52. The van der Waals surface area contributed by atoms with Gasteiger partial charge in [0.05, 0.1) is 5.69 Å². The summed E-state index contributed by atoms with van der Waals surface area (Å²) in [5.74, 6) is 4.49. The maximum absolute atomic E-state index is 13.0. The monoisotopic (exact) mass is 342 g/mol. The highest BCUT2D eigenvalue weighted by Gasteiger charge is 2.57. The molecule has 1 amide bonds. The van der Waals surface area contributed by atoms with E-state index in [1.807, 2.05) is 11.8 Å². The molecule has 5 fully saturated rings. The van der Waals surface area contributed by atoms with Crippen molar-refractivity contribution in [2.75, 3.05) is 18.8 Å². The van der Waals surface area contributed by atoms with Crippen LogP contribution in [-0.4, -0.2) is 33.7 Å². The van der Waals surface area contributed by atoms with Crippen molar-refractivity contribution >= 4 is 11.7 Å². The summed E-state index contributed by atoms with van der Waals surface area (Å²) in [7, 11) is 1.80. The number of likely N-dealkylation sites (tertiary alicyclic amines) is 1. The van der Waals surface area contributed by atoms with Gasteiger partial charge >= 0.3 is 0 Å². The molecule has 1 saturated heterocycles. The average Bonchev–Trinajstić information content (AvgIpc) is 2.84. The number of carbonyl (C=O) groups is 1. The SMILES string of the molecule is Cc1nn(C)c(N)c1C(=O)N1CCC2(CC1)C1CC3CC(C1)CC2C3. The van der Waals surface area contributed by atoms with E-state index in [1.165, 1.54) is 44.9 Å². The lowest BCUT2D eigenvalue weighted by atomic mass is 9.43. The van der Waals surface area contributed by atoms with Crippen molar-refractivity contribution in [3.05, 3.63) is 11.3 Å². The maximum Gasteiger partial charge on any atom is 0.259 e. The van der Waals surface area contributed by atoms with Crippen LogP contribution < -0.4 is 5.73 Å². The van der Waals surface area contributed by atoms with Gasteiger partial charge in [-0.05, 0) is 81.0 Å². The Bertz CT molecular complexity index is 684. The average molecular weight is 342 g/mol. The smallest absolute Gasteiger partial charge is 0.259 e. The summed E-state index contributed by atoms with van der Waals surface area (Å²) in [5, 5.41) is 4.31. The predicted molar refractivity (Wildman–Crippen MR) is 97.0 cm³/mol. The van der Waals surface area contributed by atoms with Gasteiger partial charge < -0.3 is 10.6 Å². The number of rotatable bonds is 1. The summed E-state index contributed by atoms with van der Waals surface area (Å²) in [5.41, 5.74) is 8.00. The van der Waals surface area contributed by atoms with E-state index in [0.717, 1.165) is 42.5 Å². The van der Waals surface area contributed by atoms with E-state index in [2.05, 4.69) is 5.10 Å². The topological polar surface area (TPSA) is 64.2 Å². The molecule has 5 nitrogen and oxygen atoms in total. The van der Waals surface area contributed by atoms with Crippen molar-refractivity contribution in [3.63, 3.8) is 0 Å². The zero-order valence-electron chi connectivity index (χ0n) is 15.5. The molecule has 5 aliphatic rings. The van der Waals surface area contributed by atoms with Crippen LogP contribution in [0.3, 0.4) is 0 Å². The van der Waals surface area contributed by atoms with Crippen LogP contribution in [0.4, 0.5) is 5.82 Å². The summed E-state index contributed by atoms with van der Waals surface area (Å²) in [6, 6.07) is 0. The van der Waals surface area contributed by atoms with Crippen LogP contribution in [0.15, 0.2) is 0 Å². The third-order valence-electron chi connectivity index (χ3n) is 8.23. The Labute approximate surface area is 149 Å². The lowest BCUT2D eigenvalue weighted by molar-refractivity contribution is -0.132. The van der Waals surface area contributed by atoms with Gasteiger partial charge in [0.25, 0.3) is 5.91 Å². The second-order valence-corrected chi connectivity index (χ2v) is 9.30. The van der Waals surface area contributed by atoms with Crippen molar-refractivity contribution in [1.29, 1.82) is 0 Å². The molecule has 0 unspecified atom stereocenters. The van der Waals surface area contributed by atoms with Gasteiger partial charge in [0, 0.05) is 20.1 Å². The van der Waals surface area contributed by atoms with E-state index in [-0.39, 0.29) is 5.91 Å². The largest absolute Gasteiger partial charge is 0.383 e. The van der Waals surface area contributed by atoms with Crippen LogP contribution in [0.2, 0.25) is 0 Å². The van der Waals surface area contributed by atoms with Gasteiger partial charge in [-0.1, -0.05) is 0 Å². The third kappa shape index (κ3) is 2.13. The lowest BCUT2D eigenvalue weighted by Crippen LogP contribution is -2.57. The summed E-state index contributed by atoms with van der Waals surface area (Å²) in [6.45, 7) is 3.68. The van der Waals surface area contributed by atoms with Gasteiger partial charge in [0.1, 0.15) is 11.4 Å². The minimum atomic E-state index is 0.0850. The van der Waals surface area contributed by atoms with Crippen LogP contribution in [0.1, 0.15) is 61.0 Å². The van der Waals surface area contributed by atoms with Crippen LogP contribution in [0, 0.1) is 36.0 Å². The molecule has 2 N–H and O–H groups in total. The molecule has 5 heteroatoms. The fraction of sp³-hybridized carbons (Fsp3) is 0.800. The van der Waals surface area contributed by atoms with Crippen molar-refractivity contribution in [3.8, 4) is 0 Å². The number of nitrogens with two attached hydrogens (primary N) is 1. The number of aryl methyl sites for hydroxylation is 2. The van der Waals surface area contributed by atoms with E-state index in [1.54, 1.807) is 11.7 Å². The van der Waals surface area contributed by atoms with E-state index in [9.17, 15) is 4.79 Å². The highest BCUT2D eigenvalue weighted by Crippen LogP contribution is 2.65. The van der Waals surface area contributed by atoms with E-state index < -0.39 is 0 Å². The molecule has 6 rings (SSSR count). The Morgan fingerprint density at radius 1 is 1.08 bits per heavy atom. The Balaban J connectivity index is 1.34. The summed E-state index contributed by atoms with van der Waals surface area (Å²) < 4.78 is 1.62. The first-order chi connectivity index (χ1) is 12.0. The van der Waals surface area contributed by atoms with E-state index in [4.69, 9.17) is 5.73 Å². The summed E-state index contributed by atoms with van der Waals surface area (Å²) in [6.07, 6.45) is 9.78. The van der Waals surface area contributed by atoms with E-state index in [0.29, 0.717) is 16.8 Å². The third-order valence-corrected chi connectivity index (χ3v) is 8.23. The molecule has 4 aliphatic carbocycles. The number of carbonyl (C=O) groups excluding carboxylic acids is 1. The number of nitrogen functional groups attached to an aromatic ring is 1. The Morgan fingerprint density at radius 2 is 1.64 bits per heavy atom. The molecule has 0 aromatic carbocycles. The number of hydrogen-bond acceptors (Lipinski definition) is 3. The molecule has 1 aliphatic heterocycles. The maximum atomic E-state index is 13.0. The Kier molecular flexibility index (Phi) is 3.29. The van der Waals surface area contributed by atoms with Gasteiger partial charge in [-0.15, -0.1) is 0 Å². The Morgan fingerprint density at radius 3 is 2.12 bits per heavy atom. The summed E-state index contributed by atoms with van der Waals surface area (Å²) in [4.78, 5) is 15.1. The van der Waals surface area contributed by atoms with Crippen LogP contribution >= 0.6 is 0 Å². The van der Waals surface area contributed by atoms with Crippen molar-refractivity contribution in [1.82, 2.24) is 14.7 Å². The van der Waals surface area contributed by atoms with E-state index >= 15 is 0 Å². The number of hydrogen-bond donors (Lipinski definition) is 1. The van der Waals surface area contributed by atoms with Crippen molar-refractivity contribution < 1.29 is 4.79 Å². The molecule has 4 bridgehead atoms. The van der Waals surface area contributed by atoms with Crippen LogP contribution in [0.25, 0.3) is 0 Å². The highest BCUT2D eigenvalue weighted by atomic mass is 16.2. The molecular formula is C20H30N4O. The van der Waals surface area contributed by atoms with Crippen molar-refractivity contribution in [2.24, 2.45) is 36.1 Å². The number of amides is 1. The van der Waals surface area contributed by atoms with Gasteiger partial charge in [-0.2, -0.15) is 5.10 Å². The number of nitrogens with zero attached hydrogens (tertiary/aromatic N) is 3. The van der Waals surface area contributed by atoms with Gasteiger partial charge in [0.2, 0.25) is 0 Å². The first-order valence-electron chi connectivity index (χ1n) is 10.1. The molecule has 25 heavy (non-hydrogen) atoms. The second kappa shape index (κ2) is 5.24. The molecule has 136 valence electrons. The zero-order chi connectivity index (χ0) is 17.3. The first-order valence-corrected chi connectivity index (χ1v) is 10.1. The summed E-state index contributed by atoms with van der Waals surface area (Å²) >= 11 is 0. The molecule has 1 aromatic rings. The molecule has 0 atom stereocenters. The molecule has 1 aromatic heterocycles. The minimum absolute atomic E-state index is 0.0850. The highest BCUT2D eigenvalue weighted by molar-refractivity contribution is 5.99. The molecule has 1 spiro atoms. The normalized spacial score (nSPS) is 35.5. The number of piperidine rings is 1. The van der Waals surface area contributed by atoms with Gasteiger partial charge in [-0.3, -0.25) is 9.48 Å². The number of anilines is 1. The standard InChI is InChI=1S/C20H30N4O/c1-12-17(18(21)23(2)22-12)19(25)24-5-3-20(4-6-24)15-8-13-7-14(10-15)11-16(20)9-13/h13-16H,3-11,21H2,1-2H3. The van der Waals surface area contributed by atoms with Gasteiger partial charge in [0.15, 0.2) is 0 Å². The van der Waals surface area contributed by atoms with Crippen molar-refractivity contribution in [2.45, 2.75) is 51.9 Å². The molecule has 4 saturated carbocycles. The molecular weight excluding hydrogens is 312 g/mol. The second-order valence-electron chi connectivity index (χ2n) is 9.30. The molecule has 0 radical (unpaired) electrons. The van der Waals surface area contributed by atoms with Crippen LogP contribution in [0.5, 0.6) is 0 Å². The fourth-order valence-electron chi connectivity index (χ4n) is 7.16.